The van der Waals surface area contributed by atoms with Crippen molar-refractivity contribution in [3.05, 3.63) is 58.0 Å². The van der Waals surface area contributed by atoms with Crippen molar-refractivity contribution in [1.82, 2.24) is 24.8 Å². The number of rotatable bonds is 6. The largest absolute Gasteiger partial charge is 0.480 e. The summed E-state index contributed by atoms with van der Waals surface area (Å²) in [5.41, 5.74) is 2.99. The van der Waals surface area contributed by atoms with E-state index in [1.807, 2.05) is 0 Å². The zero-order valence-corrected chi connectivity index (χ0v) is 22.1. The number of β-amino-alcohol motifs (C(OH)–C–C–N with tert-alkyl or cyclic N) is 1. The quantitative estimate of drug-likeness (QED) is 0.412. The van der Waals surface area contributed by atoms with Crippen molar-refractivity contribution in [2.45, 2.75) is 31.5 Å². The number of nitrogens with zero attached hydrogens (tertiary/aromatic N) is 4. The standard InChI is InChI=1S/C25H27FN6O4.2ClH/c26-18-8-29-19-3-4-24(35)32-16(1-2-17(18)25(19)32)11-31-10-14(21(33)12-31)6-27-7-15-5-20-22(9-28-15)36-13-23(34)30-20;;/h3-5,8-9,14,16,21,27,33H,1-2,6-7,10-13H2,(H,30,34);2*1H/t14-,16?,21+;;/m0../s1. The van der Waals surface area contributed by atoms with Gasteiger partial charge in [0.1, 0.15) is 5.82 Å². The highest BCUT2D eigenvalue weighted by Gasteiger charge is 2.34. The number of likely N-dealkylation sites (tertiary alicyclic amines) is 1. The molecule has 3 aliphatic rings. The number of hydrogen-bond acceptors (Lipinski definition) is 8. The zero-order valence-electron chi connectivity index (χ0n) is 20.4. The van der Waals surface area contributed by atoms with E-state index in [1.165, 1.54) is 12.3 Å². The van der Waals surface area contributed by atoms with E-state index in [-0.39, 0.29) is 60.7 Å². The third-order valence-corrected chi connectivity index (χ3v) is 7.31. The first-order chi connectivity index (χ1) is 17.5. The van der Waals surface area contributed by atoms with Crippen LogP contribution in [0, 0.1) is 11.7 Å². The lowest BCUT2D eigenvalue weighted by Gasteiger charge is -2.31. The number of pyridine rings is 3. The van der Waals surface area contributed by atoms with Crippen LogP contribution < -0.4 is 20.9 Å². The Hall–Kier alpha value is -2.83. The Morgan fingerprint density at radius 1 is 1.18 bits per heavy atom. The normalized spacial score (nSPS) is 22.2. The number of aliphatic hydroxyl groups excluding tert-OH is 1. The van der Waals surface area contributed by atoms with Gasteiger partial charge < -0.3 is 25.0 Å². The summed E-state index contributed by atoms with van der Waals surface area (Å²) in [5.74, 6) is 0.0153. The summed E-state index contributed by atoms with van der Waals surface area (Å²) in [6.07, 6.45) is 3.55. The molecule has 3 aliphatic heterocycles. The van der Waals surface area contributed by atoms with Gasteiger partial charge >= 0.3 is 0 Å². The highest BCUT2D eigenvalue weighted by atomic mass is 35.5. The van der Waals surface area contributed by atoms with E-state index in [4.69, 9.17) is 4.74 Å². The Bertz CT molecular complexity index is 1410. The number of halogens is 3. The van der Waals surface area contributed by atoms with Crippen LogP contribution in [0.5, 0.6) is 5.75 Å². The first kappa shape index (κ1) is 28.2. The second-order valence-electron chi connectivity index (χ2n) is 9.74. The van der Waals surface area contributed by atoms with Crippen molar-refractivity contribution < 1.29 is 19.0 Å². The van der Waals surface area contributed by atoms with Crippen LogP contribution in [0.2, 0.25) is 0 Å². The molecule has 204 valence electrons. The maximum Gasteiger partial charge on any atom is 0.262 e. The molecule has 10 nitrogen and oxygen atoms in total. The van der Waals surface area contributed by atoms with Crippen molar-refractivity contribution in [1.29, 1.82) is 0 Å². The molecule has 3 aromatic rings. The summed E-state index contributed by atoms with van der Waals surface area (Å²) in [4.78, 5) is 35.0. The number of fused-ring (bicyclic) bond motifs is 1. The lowest BCUT2D eigenvalue weighted by molar-refractivity contribution is -0.118. The van der Waals surface area contributed by atoms with Gasteiger partial charge in [-0.2, -0.15) is 0 Å². The second kappa shape index (κ2) is 11.5. The fourth-order valence-corrected chi connectivity index (χ4v) is 5.58. The average Bonchev–Trinajstić information content (AvgIpc) is 3.21. The van der Waals surface area contributed by atoms with Gasteiger partial charge in [0.25, 0.3) is 11.5 Å². The van der Waals surface area contributed by atoms with Crippen LogP contribution >= 0.6 is 24.8 Å². The number of carbonyl (C=O) groups excluding carboxylic acids is 1. The van der Waals surface area contributed by atoms with Crippen molar-refractivity contribution in [3.8, 4) is 5.75 Å². The molecule has 3 N–H and O–H groups in total. The SMILES string of the molecule is Cl.Cl.O=C1COc2cnc(CNC[C@H]3CN(CC4CCc5c(F)cnc6ccc(=O)n4c56)C[C@H]3O)cc2N1. The average molecular weight is 567 g/mol. The molecular weight excluding hydrogens is 538 g/mol. The number of aromatic nitrogens is 3. The van der Waals surface area contributed by atoms with Gasteiger partial charge in [-0.1, -0.05) is 0 Å². The fourth-order valence-electron chi connectivity index (χ4n) is 5.58. The summed E-state index contributed by atoms with van der Waals surface area (Å²) in [5, 5.41) is 16.8. The van der Waals surface area contributed by atoms with E-state index in [2.05, 4.69) is 25.5 Å². The fraction of sp³-hybridized carbons (Fsp3) is 0.440. The highest BCUT2D eigenvalue weighted by Crippen LogP contribution is 2.32. The van der Waals surface area contributed by atoms with E-state index in [1.54, 1.807) is 22.9 Å². The van der Waals surface area contributed by atoms with Crippen molar-refractivity contribution in [2.75, 3.05) is 38.1 Å². The monoisotopic (exact) mass is 566 g/mol. The number of aliphatic hydroxyl groups is 1. The van der Waals surface area contributed by atoms with E-state index in [0.717, 1.165) is 5.69 Å². The van der Waals surface area contributed by atoms with Crippen LogP contribution in [0.1, 0.15) is 23.7 Å². The van der Waals surface area contributed by atoms with Crippen LogP contribution in [0.25, 0.3) is 11.0 Å². The summed E-state index contributed by atoms with van der Waals surface area (Å²) < 4.78 is 21.4. The molecule has 0 bridgehead atoms. The summed E-state index contributed by atoms with van der Waals surface area (Å²) >= 11 is 0. The minimum Gasteiger partial charge on any atom is -0.480 e. The second-order valence-corrected chi connectivity index (χ2v) is 9.74. The third-order valence-electron chi connectivity index (χ3n) is 7.31. The van der Waals surface area contributed by atoms with Gasteiger partial charge in [-0.05, 0) is 25.0 Å². The summed E-state index contributed by atoms with van der Waals surface area (Å²) in [6, 6.07) is 4.83. The van der Waals surface area contributed by atoms with Crippen molar-refractivity contribution >= 4 is 47.4 Å². The van der Waals surface area contributed by atoms with Gasteiger partial charge in [-0.25, -0.2) is 4.39 Å². The Morgan fingerprint density at radius 2 is 2.03 bits per heavy atom. The number of nitrogens with one attached hydrogen (secondary N) is 2. The Kier molecular flexibility index (Phi) is 8.53. The number of ether oxygens (including phenoxy) is 1. The summed E-state index contributed by atoms with van der Waals surface area (Å²) in [6.45, 7) is 2.88. The molecule has 0 aromatic carbocycles. The molecule has 1 unspecified atom stereocenters. The van der Waals surface area contributed by atoms with Crippen LogP contribution in [-0.2, 0) is 17.8 Å². The molecule has 0 saturated carbocycles. The maximum absolute atomic E-state index is 14.4. The molecule has 38 heavy (non-hydrogen) atoms. The number of carbonyl (C=O) groups is 1. The topological polar surface area (TPSA) is 122 Å². The predicted molar refractivity (Wildman–Crippen MR) is 144 cm³/mol. The maximum atomic E-state index is 14.4. The van der Waals surface area contributed by atoms with Gasteiger partial charge in [0, 0.05) is 50.3 Å². The van der Waals surface area contributed by atoms with E-state index in [0.29, 0.717) is 73.6 Å². The summed E-state index contributed by atoms with van der Waals surface area (Å²) in [7, 11) is 0. The van der Waals surface area contributed by atoms with Gasteiger partial charge in [0.05, 0.1) is 47.0 Å². The lowest BCUT2D eigenvalue weighted by Crippen LogP contribution is -2.37. The molecule has 13 heteroatoms. The molecule has 3 aromatic heterocycles. The Balaban J connectivity index is 0.00000168. The number of anilines is 1. The van der Waals surface area contributed by atoms with Gasteiger partial charge in [-0.3, -0.25) is 24.5 Å². The Morgan fingerprint density at radius 3 is 2.87 bits per heavy atom. The van der Waals surface area contributed by atoms with Crippen LogP contribution in [0.4, 0.5) is 10.1 Å². The van der Waals surface area contributed by atoms with Gasteiger partial charge in [-0.15, -0.1) is 24.8 Å². The Labute approximate surface area is 230 Å². The zero-order chi connectivity index (χ0) is 24.8. The highest BCUT2D eigenvalue weighted by molar-refractivity contribution is 5.95. The number of hydrogen-bond donors (Lipinski definition) is 3. The van der Waals surface area contributed by atoms with E-state index >= 15 is 0 Å². The first-order valence-corrected chi connectivity index (χ1v) is 12.2. The molecule has 0 spiro atoms. The molecule has 3 atom stereocenters. The van der Waals surface area contributed by atoms with Gasteiger partial charge in [0.15, 0.2) is 12.4 Å². The van der Waals surface area contributed by atoms with Crippen molar-refractivity contribution in [2.24, 2.45) is 5.92 Å². The number of aryl methyl sites for hydroxylation is 1. The molecule has 6 heterocycles. The molecule has 1 amide bonds. The van der Waals surface area contributed by atoms with E-state index in [9.17, 15) is 19.1 Å². The van der Waals surface area contributed by atoms with Crippen LogP contribution in [-0.4, -0.2) is 69.3 Å². The van der Waals surface area contributed by atoms with Crippen molar-refractivity contribution in [3.63, 3.8) is 0 Å². The first-order valence-electron chi connectivity index (χ1n) is 12.2. The van der Waals surface area contributed by atoms with E-state index < -0.39 is 6.10 Å². The minimum absolute atomic E-state index is 0. The molecule has 0 radical (unpaired) electrons. The van der Waals surface area contributed by atoms with Crippen LogP contribution in [0.3, 0.4) is 0 Å². The lowest BCUT2D eigenvalue weighted by atomic mass is 9.97. The van der Waals surface area contributed by atoms with Gasteiger partial charge in [0.2, 0.25) is 0 Å². The smallest absolute Gasteiger partial charge is 0.262 e. The predicted octanol–water partition coefficient (Wildman–Crippen LogP) is 1.67. The molecule has 0 aliphatic carbocycles. The third kappa shape index (κ3) is 5.34. The minimum atomic E-state index is -0.496. The van der Waals surface area contributed by atoms with Crippen LogP contribution in [0.15, 0.2) is 35.4 Å². The molecular formula is C25H29Cl2FN6O4. The molecule has 1 fully saturated rings. The molecule has 6 rings (SSSR count). The molecule has 1 saturated heterocycles. The number of amides is 1.